The zero-order valence-corrected chi connectivity index (χ0v) is 11.0. The number of hydrogen-bond donors (Lipinski definition) is 1. The molecule has 0 saturated heterocycles. The molecule has 0 aromatic carbocycles. The molecule has 2 rings (SSSR count). The Labute approximate surface area is 102 Å². The van der Waals surface area contributed by atoms with Gasteiger partial charge in [0.2, 0.25) is 0 Å². The second kappa shape index (κ2) is 5.30. The minimum absolute atomic E-state index is 0.305. The zero-order valence-electron chi connectivity index (χ0n) is 10.2. The molecule has 1 fully saturated rings. The number of thiophene rings is 1. The van der Waals surface area contributed by atoms with Crippen LogP contribution in [0, 0.1) is 5.92 Å². The third-order valence-electron chi connectivity index (χ3n) is 3.33. The molecule has 1 aliphatic rings. The Kier molecular flexibility index (Phi) is 4.00. The van der Waals surface area contributed by atoms with Gasteiger partial charge in [0.1, 0.15) is 0 Å². The van der Waals surface area contributed by atoms with Crippen LogP contribution in [-0.4, -0.2) is 23.5 Å². The highest BCUT2D eigenvalue weighted by Crippen LogP contribution is 2.29. The van der Waals surface area contributed by atoms with Crippen LogP contribution in [0.2, 0.25) is 0 Å². The first-order valence-corrected chi connectivity index (χ1v) is 7.12. The maximum Gasteiger partial charge on any atom is 0.0245 e. The molecule has 0 radical (unpaired) electrons. The quantitative estimate of drug-likeness (QED) is 0.825. The van der Waals surface area contributed by atoms with Crippen LogP contribution in [0.15, 0.2) is 16.8 Å². The summed E-state index contributed by atoms with van der Waals surface area (Å²) in [4.78, 5) is 2.56. The van der Waals surface area contributed by atoms with Crippen molar-refractivity contribution in [1.82, 2.24) is 4.90 Å². The molecule has 16 heavy (non-hydrogen) atoms. The van der Waals surface area contributed by atoms with Crippen molar-refractivity contribution in [3.05, 3.63) is 22.4 Å². The molecule has 2 N–H and O–H groups in total. The van der Waals surface area contributed by atoms with Gasteiger partial charge in [-0.15, -0.1) is 0 Å². The van der Waals surface area contributed by atoms with Gasteiger partial charge >= 0.3 is 0 Å². The number of hydrogen-bond acceptors (Lipinski definition) is 3. The second-order valence-corrected chi connectivity index (χ2v) is 5.98. The van der Waals surface area contributed by atoms with Crippen LogP contribution >= 0.6 is 11.3 Å². The molecule has 1 unspecified atom stereocenters. The molecular weight excluding hydrogens is 216 g/mol. The average Bonchev–Trinajstić information content (AvgIpc) is 2.97. The lowest BCUT2D eigenvalue weighted by molar-refractivity contribution is 0.221. The van der Waals surface area contributed by atoms with E-state index in [0.717, 1.165) is 19.1 Å². The molecule has 1 saturated carbocycles. The third-order valence-corrected chi connectivity index (χ3v) is 4.06. The Bertz CT molecular complexity index is 304. The van der Waals surface area contributed by atoms with E-state index in [4.69, 9.17) is 5.73 Å². The van der Waals surface area contributed by atoms with Gasteiger partial charge in [0.05, 0.1) is 0 Å². The fraction of sp³-hybridized carbons (Fsp3) is 0.692. The predicted octanol–water partition coefficient (Wildman–Crippen LogP) is 2.70. The summed E-state index contributed by atoms with van der Waals surface area (Å²) in [5.74, 6) is 0.573. The van der Waals surface area contributed by atoms with Crippen molar-refractivity contribution in [3.63, 3.8) is 0 Å². The highest BCUT2D eigenvalue weighted by Gasteiger charge is 2.30. The van der Waals surface area contributed by atoms with E-state index in [1.807, 2.05) is 0 Å². The van der Waals surface area contributed by atoms with Crippen molar-refractivity contribution in [3.8, 4) is 0 Å². The standard InChI is InChI=1S/C13H22N2S/c1-10(2)13(14)8-15(12-3-4-12)7-11-5-6-16-9-11/h5-6,9-10,12-13H,3-4,7-8,14H2,1-2H3. The molecule has 1 aromatic rings. The van der Waals surface area contributed by atoms with Crippen LogP contribution < -0.4 is 5.73 Å². The summed E-state index contributed by atoms with van der Waals surface area (Å²) in [5.41, 5.74) is 7.61. The highest BCUT2D eigenvalue weighted by atomic mass is 32.1. The molecule has 0 spiro atoms. The summed E-state index contributed by atoms with van der Waals surface area (Å²) < 4.78 is 0. The van der Waals surface area contributed by atoms with Gasteiger partial charge in [-0.25, -0.2) is 0 Å². The van der Waals surface area contributed by atoms with E-state index in [2.05, 4.69) is 35.6 Å². The Hall–Kier alpha value is -0.380. The van der Waals surface area contributed by atoms with Crippen LogP contribution in [-0.2, 0) is 6.54 Å². The van der Waals surface area contributed by atoms with Crippen LogP contribution in [0.1, 0.15) is 32.3 Å². The third kappa shape index (κ3) is 3.30. The van der Waals surface area contributed by atoms with Crippen LogP contribution in [0.5, 0.6) is 0 Å². The van der Waals surface area contributed by atoms with Crippen LogP contribution in [0.4, 0.5) is 0 Å². The molecule has 0 aliphatic heterocycles. The van der Waals surface area contributed by atoms with Gasteiger partial charge in [-0.05, 0) is 41.1 Å². The van der Waals surface area contributed by atoms with Crippen molar-refractivity contribution >= 4 is 11.3 Å². The van der Waals surface area contributed by atoms with E-state index >= 15 is 0 Å². The zero-order chi connectivity index (χ0) is 11.5. The number of rotatable bonds is 6. The molecule has 90 valence electrons. The van der Waals surface area contributed by atoms with Crippen molar-refractivity contribution < 1.29 is 0 Å². The van der Waals surface area contributed by atoms with E-state index in [-0.39, 0.29) is 0 Å². The minimum atomic E-state index is 0.305. The first-order chi connectivity index (χ1) is 7.66. The van der Waals surface area contributed by atoms with E-state index < -0.39 is 0 Å². The van der Waals surface area contributed by atoms with Gasteiger partial charge in [-0.2, -0.15) is 11.3 Å². The first kappa shape index (κ1) is 12.1. The monoisotopic (exact) mass is 238 g/mol. The molecule has 1 atom stereocenters. The fourth-order valence-corrected chi connectivity index (χ4v) is 2.54. The van der Waals surface area contributed by atoms with E-state index in [1.54, 1.807) is 11.3 Å². The lowest BCUT2D eigenvalue weighted by Gasteiger charge is -2.27. The molecular formula is C13H22N2S. The van der Waals surface area contributed by atoms with Crippen molar-refractivity contribution in [1.29, 1.82) is 0 Å². The largest absolute Gasteiger partial charge is 0.326 e. The van der Waals surface area contributed by atoms with Gasteiger partial charge in [0.25, 0.3) is 0 Å². The normalized spacial score (nSPS) is 18.3. The molecule has 2 nitrogen and oxygen atoms in total. The predicted molar refractivity (Wildman–Crippen MR) is 70.6 cm³/mol. The fourth-order valence-electron chi connectivity index (χ4n) is 1.88. The van der Waals surface area contributed by atoms with Gasteiger partial charge in [0.15, 0.2) is 0 Å². The highest BCUT2D eigenvalue weighted by molar-refractivity contribution is 7.07. The Morgan fingerprint density at radius 2 is 2.25 bits per heavy atom. The Morgan fingerprint density at radius 1 is 1.50 bits per heavy atom. The van der Waals surface area contributed by atoms with Gasteiger partial charge < -0.3 is 5.73 Å². The van der Waals surface area contributed by atoms with E-state index in [1.165, 1.54) is 18.4 Å². The summed E-state index contributed by atoms with van der Waals surface area (Å²) in [6.07, 6.45) is 2.71. The molecule has 3 heteroatoms. The SMILES string of the molecule is CC(C)C(N)CN(Cc1ccsc1)C1CC1. The smallest absolute Gasteiger partial charge is 0.0245 e. The van der Waals surface area contributed by atoms with E-state index in [9.17, 15) is 0 Å². The topological polar surface area (TPSA) is 29.3 Å². The minimum Gasteiger partial charge on any atom is -0.326 e. The van der Waals surface area contributed by atoms with E-state index in [0.29, 0.717) is 12.0 Å². The summed E-state index contributed by atoms with van der Waals surface area (Å²) in [6.45, 7) is 6.54. The van der Waals surface area contributed by atoms with Crippen molar-refractivity contribution in [2.45, 2.75) is 45.3 Å². The molecule has 0 amide bonds. The molecule has 1 aliphatic carbocycles. The number of nitrogens with zero attached hydrogens (tertiary/aromatic N) is 1. The molecule has 0 bridgehead atoms. The Morgan fingerprint density at radius 3 is 2.75 bits per heavy atom. The second-order valence-electron chi connectivity index (χ2n) is 5.20. The van der Waals surface area contributed by atoms with Crippen LogP contribution in [0.3, 0.4) is 0 Å². The summed E-state index contributed by atoms with van der Waals surface area (Å²) in [5, 5.41) is 4.40. The summed E-state index contributed by atoms with van der Waals surface area (Å²) in [7, 11) is 0. The first-order valence-electron chi connectivity index (χ1n) is 6.17. The van der Waals surface area contributed by atoms with Crippen molar-refractivity contribution in [2.24, 2.45) is 11.7 Å². The van der Waals surface area contributed by atoms with Crippen LogP contribution in [0.25, 0.3) is 0 Å². The molecule has 1 aromatic heterocycles. The average molecular weight is 238 g/mol. The maximum absolute atomic E-state index is 6.17. The molecule has 1 heterocycles. The van der Waals surface area contributed by atoms with Crippen molar-refractivity contribution in [2.75, 3.05) is 6.54 Å². The van der Waals surface area contributed by atoms with Gasteiger partial charge in [0, 0.05) is 25.2 Å². The lowest BCUT2D eigenvalue weighted by Crippen LogP contribution is -2.41. The maximum atomic E-state index is 6.17. The van der Waals surface area contributed by atoms with Gasteiger partial charge in [-0.1, -0.05) is 13.8 Å². The summed E-state index contributed by atoms with van der Waals surface area (Å²) in [6, 6.07) is 3.32. The lowest BCUT2D eigenvalue weighted by atomic mass is 10.0. The summed E-state index contributed by atoms with van der Waals surface area (Å²) >= 11 is 1.78. The Balaban J connectivity index is 1.90. The van der Waals surface area contributed by atoms with Gasteiger partial charge in [-0.3, -0.25) is 4.90 Å². The number of nitrogens with two attached hydrogens (primary N) is 1.